The van der Waals surface area contributed by atoms with Crippen LogP contribution in [0.15, 0.2) is 24.4 Å². The smallest absolute Gasteiger partial charge is 0.243 e. The fourth-order valence-corrected chi connectivity index (χ4v) is 5.43. The number of hydrogen-bond acceptors (Lipinski definition) is 10. The average molecular weight is 659 g/mol. The molecule has 46 heavy (non-hydrogen) atoms. The number of hydrogen-bond donors (Lipinski definition) is 8. The molecule has 0 radical (unpaired) electrons. The molecule has 3 rings (SSSR count). The Kier molecular flexibility index (Phi) is 12.1. The fraction of sp³-hybridized carbons (Fsp3) is 0.500. The van der Waals surface area contributed by atoms with Crippen LogP contribution in [0.5, 0.6) is 5.75 Å². The average Bonchev–Trinajstić information content (AvgIpc) is 3.42. The molecule has 16 heteroatoms. The third kappa shape index (κ3) is 9.63. The molecular weight excluding hydrogens is 616 g/mol. The number of nitrogens with two attached hydrogens (primary N) is 1. The zero-order valence-electron chi connectivity index (χ0n) is 26.6. The van der Waals surface area contributed by atoms with Gasteiger partial charge in [-0.1, -0.05) is 26.0 Å². The summed E-state index contributed by atoms with van der Waals surface area (Å²) in [6.45, 7) is 9.39. The van der Waals surface area contributed by atoms with Crippen molar-refractivity contribution in [2.75, 3.05) is 5.32 Å². The van der Waals surface area contributed by atoms with Gasteiger partial charge in [-0.3, -0.25) is 28.8 Å². The fourth-order valence-electron chi connectivity index (χ4n) is 4.55. The highest BCUT2D eigenvalue weighted by atomic mass is 32.1. The van der Waals surface area contributed by atoms with Crippen LogP contribution in [-0.4, -0.2) is 81.8 Å². The summed E-state index contributed by atoms with van der Waals surface area (Å²) >= 11 is 1.28. The molecule has 6 amide bonds. The van der Waals surface area contributed by atoms with Crippen LogP contribution < -0.4 is 37.6 Å². The first kappa shape index (κ1) is 35.7. The molecule has 0 saturated heterocycles. The lowest BCUT2D eigenvalue weighted by Crippen LogP contribution is -2.57. The van der Waals surface area contributed by atoms with Crippen molar-refractivity contribution in [2.24, 2.45) is 11.7 Å². The van der Waals surface area contributed by atoms with Crippen LogP contribution in [0.2, 0.25) is 0 Å². The monoisotopic (exact) mass is 658 g/mol. The number of rotatable bonds is 2. The number of primary amides is 1. The summed E-state index contributed by atoms with van der Waals surface area (Å²) in [5, 5.41) is 26.8. The van der Waals surface area contributed by atoms with Crippen molar-refractivity contribution in [1.82, 2.24) is 31.6 Å². The van der Waals surface area contributed by atoms with Crippen molar-refractivity contribution in [3.05, 3.63) is 40.4 Å². The zero-order valence-corrected chi connectivity index (χ0v) is 27.4. The molecule has 9 N–H and O–H groups in total. The van der Waals surface area contributed by atoms with Crippen LogP contribution in [0.1, 0.15) is 57.5 Å². The van der Waals surface area contributed by atoms with Crippen LogP contribution >= 0.6 is 11.3 Å². The van der Waals surface area contributed by atoms with E-state index in [1.165, 1.54) is 45.1 Å². The molecule has 1 aliphatic rings. The highest BCUT2D eigenvalue weighted by Gasteiger charge is 2.29. The summed E-state index contributed by atoms with van der Waals surface area (Å²) < 4.78 is 0. The van der Waals surface area contributed by atoms with Crippen molar-refractivity contribution in [3.8, 4) is 5.75 Å². The predicted molar refractivity (Wildman–Crippen MR) is 171 cm³/mol. The van der Waals surface area contributed by atoms with Gasteiger partial charge in [-0.15, -0.1) is 11.3 Å². The Balaban J connectivity index is 1.92. The van der Waals surface area contributed by atoms with Crippen molar-refractivity contribution >= 4 is 51.9 Å². The number of anilines is 1. The van der Waals surface area contributed by atoms with Gasteiger partial charge in [-0.25, -0.2) is 4.98 Å². The Bertz CT molecular complexity index is 1480. The van der Waals surface area contributed by atoms with Crippen LogP contribution in [-0.2, 0) is 41.6 Å². The zero-order chi connectivity index (χ0) is 34.3. The molecule has 0 unspecified atom stereocenters. The molecular formula is C30H42N8O7S. The van der Waals surface area contributed by atoms with E-state index in [1.54, 1.807) is 18.3 Å². The number of aromatic hydroxyl groups is 1. The molecule has 1 aliphatic heterocycles. The number of fused-ring (bicyclic) bond motifs is 4. The van der Waals surface area contributed by atoms with Gasteiger partial charge in [-0.2, -0.15) is 0 Å². The van der Waals surface area contributed by atoms with Gasteiger partial charge in [0.15, 0.2) is 5.13 Å². The van der Waals surface area contributed by atoms with Gasteiger partial charge in [0.2, 0.25) is 35.4 Å². The second-order valence-corrected chi connectivity index (χ2v) is 12.8. The van der Waals surface area contributed by atoms with Gasteiger partial charge < -0.3 is 42.7 Å². The molecule has 0 fully saturated rings. The van der Waals surface area contributed by atoms with Crippen molar-refractivity contribution in [3.63, 3.8) is 0 Å². The Hall–Kier alpha value is -4.73. The second kappa shape index (κ2) is 15.5. The van der Waals surface area contributed by atoms with Gasteiger partial charge in [0.25, 0.3) is 0 Å². The standard InChI is InChI=1S/C30H42N8O7S/c1-13(2)23-29(45)36-16(5)27(43)34-14(3)25(41)33-15(4)26(42)35-17(6)28(44)37-21(24(31)40)10-18-7-8-22(39)19(9-18)11-20-12-32-30(38-23)46-20/h7-9,12-17,21,23,39H,10-11H2,1-6H3,(H2,31,40)(H,32,38)(H,33,41)(H,34,43)(H,35,42)(H,36,45)(H,37,44)/t14-,15-,16-,17-,21-,23-/m0/s1. The quantitative estimate of drug-likeness (QED) is 0.206. The largest absolute Gasteiger partial charge is 0.508 e. The maximum Gasteiger partial charge on any atom is 0.243 e. The van der Waals surface area contributed by atoms with E-state index in [1.807, 2.05) is 13.8 Å². The second-order valence-electron chi connectivity index (χ2n) is 11.7. The lowest BCUT2D eigenvalue weighted by molar-refractivity contribution is -0.134. The van der Waals surface area contributed by atoms with Gasteiger partial charge in [-0.05, 0) is 50.8 Å². The van der Waals surface area contributed by atoms with Gasteiger partial charge >= 0.3 is 0 Å². The Labute approximate surface area is 270 Å². The third-order valence-corrected chi connectivity index (χ3v) is 8.33. The summed E-state index contributed by atoms with van der Waals surface area (Å²) in [5.41, 5.74) is 6.73. The van der Waals surface area contributed by atoms with Crippen molar-refractivity contribution < 1.29 is 33.9 Å². The summed E-state index contributed by atoms with van der Waals surface area (Å²) in [5.74, 6) is -4.07. The Morgan fingerprint density at radius 1 is 0.826 bits per heavy atom. The number of aromatic nitrogens is 1. The van der Waals surface area contributed by atoms with Crippen LogP contribution in [0, 0.1) is 5.92 Å². The highest BCUT2D eigenvalue weighted by molar-refractivity contribution is 7.15. The van der Waals surface area contributed by atoms with E-state index >= 15 is 0 Å². The molecule has 2 heterocycles. The van der Waals surface area contributed by atoms with Crippen molar-refractivity contribution in [2.45, 2.75) is 90.6 Å². The number of nitrogens with zero attached hydrogens (tertiary/aromatic N) is 1. The number of phenolic OH excluding ortho intramolecular Hbond substituents is 1. The first-order valence-corrected chi connectivity index (χ1v) is 15.7. The van der Waals surface area contributed by atoms with E-state index in [2.05, 4.69) is 36.9 Å². The third-order valence-electron chi connectivity index (χ3n) is 7.40. The number of benzene rings is 1. The van der Waals surface area contributed by atoms with Crippen molar-refractivity contribution in [1.29, 1.82) is 0 Å². The molecule has 4 bridgehead atoms. The lowest BCUT2D eigenvalue weighted by Gasteiger charge is -2.24. The van der Waals surface area contributed by atoms with E-state index in [4.69, 9.17) is 5.73 Å². The first-order valence-electron chi connectivity index (χ1n) is 14.9. The molecule has 0 saturated carbocycles. The van der Waals surface area contributed by atoms with E-state index in [9.17, 15) is 33.9 Å². The minimum Gasteiger partial charge on any atom is -0.508 e. The molecule has 15 nitrogen and oxygen atoms in total. The van der Waals surface area contributed by atoms with Gasteiger partial charge in [0.1, 0.15) is 42.0 Å². The molecule has 2 aromatic rings. The predicted octanol–water partition coefficient (Wildman–Crippen LogP) is -0.579. The van der Waals surface area contributed by atoms with Gasteiger partial charge in [0.05, 0.1) is 0 Å². The maximum absolute atomic E-state index is 13.2. The van der Waals surface area contributed by atoms with Crippen LogP contribution in [0.3, 0.4) is 0 Å². The summed E-state index contributed by atoms with van der Waals surface area (Å²) in [7, 11) is 0. The SMILES string of the molecule is CC(C)[C@@H]1Nc2ncc(s2)Cc2cc(ccc2O)C[C@@H](C(N)=O)NC(=O)[C@H](C)NC(=O)[C@H](C)NC(=O)[C@H](C)NC(=O)[C@H](C)NC1=O. The number of phenols is 1. The molecule has 1 aromatic carbocycles. The molecule has 250 valence electrons. The molecule has 0 aliphatic carbocycles. The number of carbonyl (C=O) groups is 6. The van der Waals surface area contributed by atoms with E-state index < -0.39 is 71.7 Å². The summed E-state index contributed by atoms with van der Waals surface area (Å²) in [4.78, 5) is 81.8. The Morgan fingerprint density at radius 3 is 1.83 bits per heavy atom. The summed E-state index contributed by atoms with van der Waals surface area (Å²) in [6, 6.07) is -1.32. The van der Waals surface area contributed by atoms with Gasteiger partial charge in [0, 0.05) is 23.9 Å². The van der Waals surface area contributed by atoms with E-state index in [0.717, 1.165) is 4.88 Å². The maximum atomic E-state index is 13.2. The topological polar surface area (TPSA) is 234 Å². The number of nitrogens with one attached hydrogen (secondary N) is 6. The summed E-state index contributed by atoms with van der Waals surface area (Å²) in [6.07, 6.45) is 1.92. The first-order chi connectivity index (χ1) is 21.5. The van der Waals surface area contributed by atoms with Crippen LogP contribution in [0.25, 0.3) is 0 Å². The van der Waals surface area contributed by atoms with E-state index in [-0.39, 0.29) is 24.5 Å². The number of amides is 6. The normalized spacial score (nSPS) is 25.8. The Morgan fingerprint density at radius 2 is 1.33 bits per heavy atom. The van der Waals surface area contributed by atoms with E-state index in [0.29, 0.717) is 16.3 Å². The minimum absolute atomic E-state index is 0.0160. The van der Waals surface area contributed by atoms with Crippen LogP contribution in [0.4, 0.5) is 5.13 Å². The highest BCUT2D eigenvalue weighted by Crippen LogP contribution is 2.27. The number of thiazole rings is 1. The molecule has 0 spiro atoms. The number of carbonyl (C=O) groups excluding carboxylic acids is 6. The molecule has 6 atom stereocenters. The molecule has 1 aromatic heterocycles. The lowest BCUT2D eigenvalue weighted by atomic mass is 10.0. The minimum atomic E-state index is -1.12.